The Morgan fingerprint density at radius 2 is 2.00 bits per heavy atom. The molecule has 3 aromatic rings. The van der Waals surface area contributed by atoms with Gasteiger partial charge >= 0.3 is 6.18 Å². The van der Waals surface area contributed by atoms with E-state index in [4.69, 9.17) is 4.98 Å². The predicted octanol–water partition coefficient (Wildman–Crippen LogP) is 2.89. The number of rotatable bonds is 1. The third-order valence-corrected chi connectivity index (χ3v) is 5.75. The summed E-state index contributed by atoms with van der Waals surface area (Å²) in [6.07, 6.45) is -0.565. The van der Waals surface area contributed by atoms with Crippen molar-refractivity contribution in [3.8, 4) is 0 Å². The molecule has 27 heavy (non-hydrogen) atoms. The van der Waals surface area contributed by atoms with E-state index in [-0.39, 0.29) is 5.56 Å². The molecule has 2 aromatic heterocycles. The van der Waals surface area contributed by atoms with Gasteiger partial charge < -0.3 is 4.90 Å². The molecule has 142 valence electrons. The van der Waals surface area contributed by atoms with Crippen LogP contribution in [-0.2, 0) is 6.18 Å². The highest BCUT2D eigenvalue weighted by molar-refractivity contribution is 5.84. The van der Waals surface area contributed by atoms with E-state index in [2.05, 4.69) is 20.0 Å². The first kappa shape index (κ1) is 16.7. The third kappa shape index (κ3) is 2.63. The summed E-state index contributed by atoms with van der Waals surface area (Å²) < 4.78 is 41.6. The van der Waals surface area contributed by atoms with Gasteiger partial charge in [-0.1, -0.05) is 0 Å². The molecule has 0 spiro atoms. The van der Waals surface area contributed by atoms with Crippen molar-refractivity contribution in [1.82, 2.24) is 24.5 Å². The van der Waals surface area contributed by atoms with Crippen molar-refractivity contribution >= 4 is 22.5 Å². The summed E-state index contributed by atoms with van der Waals surface area (Å²) >= 11 is 0. The van der Waals surface area contributed by atoms with Crippen LogP contribution in [0.15, 0.2) is 18.5 Å². The average Bonchev–Trinajstić information content (AvgIpc) is 3.28. The molecule has 1 unspecified atom stereocenters. The van der Waals surface area contributed by atoms with Crippen molar-refractivity contribution in [3.63, 3.8) is 0 Å². The molecule has 0 bridgehead atoms. The molecule has 1 aromatic carbocycles. The molecule has 0 aliphatic carbocycles. The van der Waals surface area contributed by atoms with Crippen molar-refractivity contribution < 1.29 is 13.2 Å². The van der Waals surface area contributed by atoms with Crippen molar-refractivity contribution in [2.75, 3.05) is 31.1 Å². The quantitative estimate of drug-likeness (QED) is 0.654. The standard InChI is InChI=1S/C18H19F3N6/c1-11-7-14-15(8-13(11)18(19,20)21)27-10-22-24-17(27)16(23-14)26-6-5-25-4-2-3-12(25)9-26/h7-8,10,12H,2-6,9H2,1H3. The fourth-order valence-corrected chi connectivity index (χ4v) is 4.39. The SMILES string of the molecule is Cc1cc2nc(N3CCN4CCCC4C3)c3nncn3c2cc1C(F)(F)F. The molecular formula is C18H19F3N6. The Kier molecular flexibility index (Phi) is 3.59. The summed E-state index contributed by atoms with van der Waals surface area (Å²) in [5.41, 5.74) is 0.916. The molecule has 0 amide bonds. The maximum Gasteiger partial charge on any atom is 0.416 e. The Labute approximate surface area is 153 Å². The Balaban J connectivity index is 1.66. The van der Waals surface area contributed by atoms with Gasteiger partial charge in [-0.05, 0) is 44.0 Å². The molecule has 0 radical (unpaired) electrons. The lowest BCUT2D eigenvalue weighted by atomic mass is 10.1. The second-order valence-electron chi connectivity index (χ2n) is 7.39. The molecule has 6 nitrogen and oxygen atoms in total. The van der Waals surface area contributed by atoms with Gasteiger partial charge in [0.2, 0.25) is 5.65 Å². The van der Waals surface area contributed by atoms with Gasteiger partial charge in [-0.25, -0.2) is 4.98 Å². The summed E-state index contributed by atoms with van der Waals surface area (Å²) in [4.78, 5) is 9.41. The first-order chi connectivity index (χ1) is 12.9. The van der Waals surface area contributed by atoms with Crippen LogP contribution in [0.3, 0.4) is 0 Å². The van der Waals surface area contributed by atoms with E-state index < -0.39 is 11.7 Å². The highest BCUT2D eigenvalue weighted by atomic mass is 19.4. The summed E-state index contributed by atoms with van der Waals surface area (Å²) in [7, 11) is 0. The topological polar surface area (TPSA) is 49.6 Å². The van der Waals surface area contributed by atoms with Gasteiger partial charge in [-0.15, -0.1) is 10.2 Å². The Hall–Kier alpha value is -2.42. The van der Waals surface area contributed by atoms with Gasteiger partial charge in [-0.3, -0.25) is 9.30 Å². The minimum atomic E-state index is -4.41. The number of halogens is 3. The number of aromatic nitrogens is 4. The van der Waals surface area contributed by atoms with Gasteiger partial charge in [-0.2, -0.15) is 13.2 Å². The molecule has 2 saturated heterocycles. The molecule has 0 saturated carbocycles. The predicted molar refractivity (Wildman–Crippen MR) is 94.8 cm³/mol. The molecule has 1 atom stereocenters. The largest absolute Gasteiger partial charge is 0.416 e. The minimum Gasteiger partial charge on any atom is -0.351 e. The van der Waals surface area contributed by atoms with Crippen LogP contribution in [0.4, 0.5) is 19.0 Å². The fraction of sp³-hybridized carbons (Fsp3) is 0.500. The minimum absolute atomic E-state index is 0.168. The number of aryl methyl sites for hydroxylation is 1. The van der Waals surface area contributed by atoms with Crippen LogP contribution in [0.2, 0.25) is 0 Å². The highest BCUT2D eigenvalue weighted by Gasteiger charge is 2.34. The van der Waals surface area contributed by atoms with Gasteiger partial charge in [0, 0.05) is 25.7 Å². The number of piperazine rings is 1. The summed E-state index contributed by atoms with van der Waals surface area (Å²) in [6, 6.07) is 3.16. The molecule has 9 heteroatoms. The van der Waals surface area contributed by atoms with Crippen LogP contribution >= 0.6 is 0 Å². The lowest BCUT2D eigenvalue weighted by Gasteiger charge is -2.38. The molecule has 2 aliphatic rings. The zero-order valence-corrected chi connectivity index (χ0v) is 14.9. The van der Waals surface area contributed by atoms with E-state index in [1.54, 1.807) is 4.40 Å². The Morgan fingerprint density at radius 1 is 1.15 bits per heavy atom. The van der Waals surface area contributed by atoms with Crippen molar-refractivity contribution in [2.24, 2.45) is 0 Å². The summed E-state index contributed by atoms with van der Waals surface area (Å²) in [5.74, 6) is 0.700. The van der Waals surface area contributed by atoms with Gasteiger partial charge in [0.1, 0.15) is 6.33 Å². The molecule has 5 rings (SSSR count). The van der Waals surface area contributed by atoms with Crippen molar-refractivity contribution in [2.45, 2.75) is 32.0 Å². The smallest absolute Gasteiger partial charge is 0.351 e. The van der Waals surface area contributed by atoms with Crippen molar-refractivity contribution in [3.05, 3.63) is 29.6 Å². The maximum atomic E-state index is 13.3. The van der Waals surface area contributed by atoms with Crippen LogP contribution < -0.4 is 4.90 Å². The van der Waals surface area contributed by atoms with Gasteiger partial charge in [0.25, 0.3) is 0 Å². The Bertz CT molecular complexity index is 1030. The lowest BCUT2D eigenvalue weighted by molar-refractivity contribution is -0.137. The third-order valence-electron chi connectivity index (χ3n) is 5.75. The Morgan fingerprint density at radius 3 is 2.81 bits per heavy atom. The maximum absolute atomic E-state index is 13.3. The zero-order valence-electron chi connectivity index (χ0n) is 14.9. The molecule has 4 heterocycles. The van der Waals surface area contributed by atoms with Crippen LogP contribution in [0.25, 0.3) is 16.7 Å². The van der Waals surface area contributed by atoms with E-state index in [1.165, 1.54) is 32.2 Å². The number of anilines is 1. The van der Waals surface area contributed by atoms with E-state index in [0.29, 0.717) is 28.5 Å². The number of hydrogen-bond donors (Lipinski definition) is 0. The number of benzene rings is 1. The number of hydrogen-bond acceptors (Lipinski definition) is 5. The second-order valence-corrected chi connectivity index (χ2v) is 7.39. The highest BCUT2D eigenvalue weighted by Crippen LogP contribution is 2.35. The van der Waals surface area contributed by atoms with Crippen LogP contribution in [0, 0.1) is 6.92 Å². The summed E-state index contributed by atoms with van der Waals surface area (Å²) in [5, 5.41) is 8.10. The van der Waals surface area contributed by atoms with Gasteiger partial charge in [0.15, 0.2) is 5.82 Å². The normalized spacial score (nSPS) is 21.3. The lowest BCUT2D eigenvalue weighted by Crippen LogP contribution is -2.50. The molecule has 2 aliphatic heterocycles. The first-order valence-corrected chi connectivity index (χ1v) is 9.12. The van der Waals surface area contributed by atoms with E-state index in [0.717, 1.165) is 32.2 Å². The van der Waals surface area contributed by atoms with Crippen molar-refractivity contribution in [1.29, 1.82) is 0 Å². The van der Waals surface area contributed by atoms with Crippen LogP contribution in [0.1, 0.15) is 24.0 Å². The zero-order chi connectivity index (χ0) is 18.8. The number of alkyl halides is 3. The summed E-state index contributed by atoms with van der Waals surface area (Å²) in [6.45, 7) is 5.27. The monoisotopic (exact) mass is 376 g/mol. The van der Waals surface area contributed by atoms with E-state index in [9.17, 15) is 13.2 Å². The number of nitrogens with zero attached hydrogens (tertiary/aromatic N) is 6. The van der Waals surface area contributed by atoms with E-state index in [1.807, 2.05) is 0 Å². The van der Waals surface area contributed by atoms with Crippen LogP contribution in [0.5, 0.6) is 0 Å². The van der Waals surface area contributed by atoms with Crippen LogP contribution in [-0.4, -0.2) is 56.7 Å². The van der Waals surface area contributed by atoms with Gasteiger partial charge in [0.05, 0.1) is 16.6 Å². The number of fused-ring (bicyclic) bond motifs is 4. The molecule has 0 N–H and O–H groups in total. The molecular weight excluding hydrogens is 357 g/mol. The average molecular weight is 376 g/mol. The molecule has 2 fully saturated rings. The fourth-order valence-electron chi connectivity index (χ4n) is 4.39. The van der Waals surface area contributed by atoms with E-state index >= 15 is 0 Å². The second kappa shape index (κ2) is 5.79. The first-order valence-electron chi connectivity index (χ1n) is 9.12.